The van der Waals surface area contributed by atoms with E-state index in [0.717, 1.165) is 0 Å². The third kappa shape index (κ3) is 2.93. The summed E-state index contributed by atoms with van der Waals surface area (Å²) in [5, 5.41) is 13.9. The topological polar surface area (TPSA) is 101 Å². The van der Waals surface area contributed by atoms with Gasteiger partial charge in [0, 0.05) is 18.0 Å². The molecule has 102 valence electrons. The number of hydrogen-bond acceptors (Lipinski definition) is 6. The van der Waals surface area contributed by atoms with Crippen molar-refractivity contribution in [1.29, 1.82) is 5.26 Å². The Labute approximate surface area is 119 Å². The quantitative estimate of drug-likeness (QED) is 0.892. The van der Waals surface area contributed by atoms with Gasteiger partial charge >= 0.3 is 0 Å². The van der Waals surface area contributed by atoms with Crippen molar-refractivity contribution in [2.45, 2.75) is 6.54 Å². The van der Waals surface area contributed by atoms with Crippen molar-refractivity contribution in [3.63, 3.8) is 0 Å². The Kier molecular flexibility index (Phi) is 4.30. The average Bonchev–Trinajstić information content (AvgIpc) is 2.96. The smallest absolute Gasteiger partial charge is 0.275 e. The van der Waals surface area contributed by atoms with Crippen LogP contribution >= 0.6 is 11.3 Å². The Hall–Kier alpha value is -2.43. The van der Waals surface area contributed by atoms with Crippen molar-refractivity contribution in [2.24, 2.45) is 5.73 Å². The summed E-state index contributed by atoms with van der Waals surface area (Å²) in [5.41, 5.74) is 6.71. The molecule has 0 atom stereocenters. The van der Waals surface area contributed by atoms with E-state index in [-0.39, 0.29) is 5.91 Å². The molecular formula is C13H12N4O2S. The molecule has 1 amide bonds. The maximum absolute atomic E-state index is 12.0. The van der Waals surface area contributed by atoms with E-state index in [1.54, 1.807) is 23.6 Å². The molecule has 1 heterocycles. The predicted octanol–water partition coefficient (Wildman–Crippen LogP) is 1.73. The van der Waals surface area contributed by atoms with Crippen molar-refractivity contribution < 1.29 is 9.53 Å². The minimum absolute atomic E-state index is 0.304. The lowest BCUT2D eigenvalue weighted by Crippen LogP contribution is -2.13. The Morgan fingerprint density at radius 1 is 1.60 bits per heavy atom. The molecular weight excluding hydrogens is 276 g/mol. The fourth-order valence-corrected chi connectivity index (χ4v) is 2.21. The van der Waals surface area contributed by atoms with Gasteiger partial charge in [-0.1, -0.05) is 0 Å². The summed E-state index contributed by atoms with van der Waals surface area (Å²) in [4.78, 5) is 16.1. The van der Waals surface area contributed by atoms with Crippen LogP contribution in [-0.4, -0.2) is 18.0 Å². The van der Waals surface area contributed by atoms with E-state index in [9.17, 15) is 4.79 Å². The molecule has 0 bridgehead atoms. The second kappa shape index (κ2) is 6.14. The maximum Gasteiger partial charge on any atom is 0.275 e. The van der Waals surface area contributed by atoms with Crippen LogP contribution in [0.5, 0.6) is 5.75 Å². The molecule has 0 aliphatic rings. The van der Waals surface area contributed by atoms with Gasteiger partial charge in [-0.3, -0.25) is 4.79 Å². The fourth-order valence-electron chi connectivity index (χ4n) is 1.56. The number of thiazole rings is 1. The lowest BCUT2D eigenvalue weighted by Gasteiger charge is -2.09. The molecule has 0 aliphatic carbocycles. The third-order valence-electron chi connectivity index (χ3n) is 2.54. The number of nitrogens with two attached hydrogens (primary N) is 1. The number of amides is 1. The van der Waals surface area contributed by atoms with Crippen molar-refractivity contribution >= 4 is 22.9 Å². The van der Waals surface area contributed by atoms with Crippen LogP contribution in [0.15, 0.2) is 23.6 Å². The van der Waals surface area contributed by atoms with Gasteiger partial charge in [-0.2, -0.15) is 5.26 Å². The van der Waals surface area contributed by atoms with Crippen LogP contribution < -0.4 is 15.8 Å². The Bertz CT molecular complexity index is 675. The highest BCUT2D eigenvalue weighted by Crippen LogP contribution is 2.26. The standard InChI is InChI=1S/C13H12N4O2S/c1-19-11-4-8(5-14)2-3-9(11)17-13(18)10-7-20-12(6-15)16-10/h2-4,7H,6,15H2,1H3,(H,17,18). The van der Waals surface area contributed by atoms with Crippen LogP contribution in [0.25, 0.3) is 0 Å². The van der Waals surface area contributed by atoms with Gasteiger partial charge in [0.15, 0.2) is 0 Å². The second-order valence-corrected chi connectivity index (χ2v) is 4.75. The van der Waals surface area contributed by atoms with E-state index in [1.165, 1.54) is 18.4 Å². The van der Waals surface area contributed by atoms with Gasteiger partial charge < -0.3 is 15.8 Å². The largest absolute Gasteiger partial charge is 0.495 e. The third-order valence-corrected chi connectivity index (χ3v) is 3.41. The maximum atomic E-state index is 12.0. The molecule has 20 heavy (non-hydrogen) atoms. The first kappa shape index (κ1) is 14.0. The van der Waals surface area contributed by atoms with Crippen LogP contribution in [0.3, 0.4) is 0 Å². The highest BCUT2D eigenvalue weighted by atomic mass is 32.1. The zero-order valence-corrected chi connectivity index (χ0v) is 11.5. The summed E-state index contributed by atoms with van der Waals surface area (Å²) in [6.45, 7) is 0.304. The number of ether oxygens (including phenoxy) is 1. The summed E-state index contributed by atoms with van der Waals surface area (Å²) in [5.74, 6) is 0.0793. The Morgan fingerprint density at radius 2 is 2.40 bits per heavy atom. The van der Waals surface area contributed by atoms with Crippen molar-refractivity contribution in [1.82, 2.24) is 4.98 Å². The Balaban J connectivity index is 2.21. The number of anilines is 1. The molecule has 0 aliphatic heterocycles. The molecule has 0 saturated heterocycles. The van der Waals surface area contributed by atoms with Gasteiger partial charge in [0.1, 0.15) is 16.5 Å². The van der Waals surface area contributed by atoms with Crippen LogP contribution in [-0.2, 0) is 6.54 Å². The van der Waals surface area contributed by atoms with Crippen molar-refractivity contribution in [3.8, 4) is 11.8 Å². The molecule has 2 aromatic rings. The molecule has 1 aromatic carbocycles. The van der Waals surface area contributed by atoms with Gasteiger partial charge in [0.25, 0.3) is 5.91 Å². The monoisotopic (exact) mass is 288 g/mol. The number of nitrogens with zero attached hydrogens (tertiary/aromatic N) is 2. The number of aromatic nitrogens is 1. The minimum Gasteiger partial charge on any atom is -0.495 e. The number of rotatable bonds is 4. The molecule has 3 N–H and O–H groups in total. The summed E-state index contributed by atoms with van der Waals surface area (Å²) in [6, 6.07) is 6.78. The number of nitriles is 1. The van der Waals surface area contributed by atoms with E-state index in [4.69, 9.17) is 15.7 Å². The number of carbonyl (C=O) groups is 1. The highest BCUT2D eigenvalue weighted by molar-refractivity contribution is 7.09. The van der Waals surface area contributed by atoms with Crippen LogP contribution in [0.4, 0.5) is 5.69 Å². The van der Waals surface area contributed by atoms with Crippen LogP contribution in [0.2, 0.25) is 0 Å². The minimum atomic E-state index is -0.344. The van der Waals surface area contributed by atoms with Crippen molar-refractivity contribution in [2.75, 3.05) is 12.4 Å². The van der Waals surface area contributed by atoms with Crippen LogP contribution in [0, 0.1) is 11.3 Å². The number of benzene rings is 1. The normalized spacial score (nSPS) is 9.85. The first-order valence-electron chi connectivity index (χ1n) is 5.72. The van der Waals surface area contributed by atoms with Gasteiger partial charge in [-0.05, 0) is 12.1 Å². The van der Waals surface area contributed by atoms with Crippen molar-refractivity contribution in [3.05, 3.63) is 39.8 Å². The molecule has 0 radical (unpaired) electrons. The lowest BCUT2D eigenvalue weighted by molar-refractivity contribution is 0.102. The molecule has 7 heteroatoms. The molecule has 1 aromatic heterocycles. The fraction of sp³-hybridized carbons (Fsp3) is 0.154. The summed E-state index contributed by atoms with van der Waals surface area (Å²) in [6.07, 6.45) is 0. The van der Waals surface area contributed by atoms with Gasteiger partial charge in [0.2, 0.25) is 0 Å². The van der Waals surface area contributed by atoms with E-state index >= 15 is 0 Å². The lowest BCUT2D eigenvalue weighted by atomic mass is 10.2. The van der Waals surface area contributed by atoms with Gasteiger partial charge in [0.05, 0.1) is 24.4 Å². The highest BCUT2D eigenvalue weighted by Gasteiger charge is 2.13. The zero-order valence-electron chi connectivity index (χ0n) is 10.7. The zero-order chi connectivity index (χ0) is 14.5. The first-order valence-corrected chi connectivity index (χ1v) is 6.60. The number of hydrogen-bond donors (Lipinski definition) is 2. The summed E-state index contributed by atoms with van der Waals surface area (Å²) in [7, 11) is 1.47. The van der Waals surface area contributed by atoms with E-state index in [1.807, 2.05) is 6.07 Å². The molecule has 0 spiro atoms. The van der Waals surface area contributed by atoms with Crippen LogP contribution in [0.1, 0.15) is 21.1 Å². The van der Waals surface area contributed by atoms with E-state index < -0.39 is 0 Å². The second-order valence-electron chi connectivity index (χ2n) is 3.81. The molecule has 0 fully saturated rings. The molecule has 6 nitrogen and oxygen atoms in total. The summed E-state index contributed by atoms with van der Waals surface area (Å²) >= 11 is 1.33. The predicted molar refractivity (Wildman–Crippen MR) is 75.7 cm³/mol. The van der Waals surface area contributed by atoms with Gasteiger partial charge in [-0.15, -0.1) is 11.3 Å². The van der Waals surface area contributed by atoms with Gasteiger partial charge in [-0.25, -0.2) is 4.98 Å². The molecule has 0 saturated carbocycles. The van der Waals surface area contributed by atoms with E-state index in [0.29, 0.717) is 34.2 Å². The number of methoxy groups -OCH3 is 1. The first-order chi connectivity index (χ1) is 9.67. The molecule has 0 unspecified atom stereocenters. The Morgan fingerprint density at radius 3 is 3.00 bits per heavy atom. The number of carbonyl (C=O) groups excluding carboxylic acids is 1. The SMILES string of the molecule is COc1cc(C#N)ccc1NC(=O)c1csc(CN)n1. The number of nitrogens with one attached hydrogen (secondary N) is 1. The van der Waals surface area contributed by atoms with E-state index in [2.05, 4.69) is 10.3 Å². The summed E-state index contributed by atoms with van der Waals surface area (Å²) < 4.78 is 5.15. The average molecular weight is 288 g/mol. The molecule has 2 rings (SSSR count).